The van der Waals surface area contributed by atoms with Crippen molar-refractivity contribution in [3.05, 3.63) is 46.5 Å². The number of likely N-dealkylation sites (tertiary alicyclic amines) is 2. The van der Waals surface area contributed by atoms with Gasteiger partial charge in [-0.3, -0.25) is 9.59 Å². The molecule has 2 saturated heterocycles. The lowest BCUT2D eigenvalue weighted by molar-refractivity contribution is -0.127. The van der Waals surface area contributed by atoms with Crippen molar-refractivity contribution in [2.24, 2.45) is 0 Å². The van der Waals surface area contributed by atoms with E-state index in [1.807, 2.05) is 9.80 Å². The Morgan fingerprint density at radius 3 is 2.87 bits per heavy atom. The van der Waals surface area contributed by atoms with Crippen molar-refractivity contribution in [3.63, 3.8) is 0 Å². The van der Waals surface area contributed by atoms with Crippen LogP contribution in [-0.2, 0) is 11.3 Å². The van der Waals surface area contributed by atoms with Crippen molar-refractivity contribution in [2.45, 2.75) is 51.1 Å². The average Bonchev–Trinajstić information content (AvgIpc) is 3.37. The molecule has 0 aliphatic carbocycles. The van der Waals surface area contributed by atoms with Gasteiger partial charge in [0.2, 0.25) is 5.91 Å². The van der Waals surface area contributed by atoms with Crippen LogP contribution >= 0.6 is 11.6 Å². The first-order valence-electron chi connectivity index (χ1n) is 10.4. The number of carbonyl (C=O) groups excluding carboxylic acids is 2. The monoisotopic (exact) mass is 433 g/mol. The van der Waals surface area contributed by atoms with Gasteiger partial charge in [-0.05, 0) is 49.8 Å². The molecule has 2 aliphatic rings. The molecule has 2 aliphatic heterocycles. The van der Waals surface area contributed by atoms with E-state index in [0.29, 0.717) is 36.6 Å². The zero-order chi connectivity index (χ0) is 21.1. The Morgan fingerprint density at radius 2 is 2.10 bits per heavy atom. The number of halogens is 2. The fourth-order valence-corrected chi connectivity index (χ4v) is 4.49. The summed E-state index contributed by atoms with van der Waals surface area (Å²) in [7, 11) is 0. The minimum atomic E-state index is -0.398. The molecule has 2 fully saturated rings. The van der Waals surface area contributed by atoms with Gasteiger partial charge in [-0.15, -0.1) is 5.10 Å². The number of benzene rings is 1. The van der Waals surface area contributed by atoms with E-state index in [1.165, 1.54) is 16.8 Å². The Labute approximate surface area is 179 Å². The Hall–Kier alpha value is -2.48. The molecule has 1 aromatic heterocycles. The molecule has 0 radical (unpaired) electrons. The molecule has 7 nitrogen and oxygen atoms in total. The van der Waals surface area contributed by atoms with Gasteiger partial charge in [-0.1, -0.05) is 22.9 Å². The second kappa shape index (κ2) is 9.12. The molecular weight excluding hydrogens is 409 g/mol. The molecule has 0 N–H and O–H groups in total. The van der Waals surface area contributed by atoms with Crippen LogP contribution in [0.2, 0.25) is 5.02 Å². The summed E-state index contributed by atoms with van der Waals surface area (Å²) in [6.45, 7) is 2.51. The lowest BCUT2D eigenvalue weighted by atomic mass is 9.98. The van der Waals surface area contributed by atoms with Crippen LogP contribution in [0.25, 0.3) is 0 Å². The van der Waals surface area contributed by atoms with Gasteiger partial charge in [0.05, 0.1) is 12.7 Å². The molecule has 2 aromatic rings. The Bertz CT molecular complexity index is 934. The average molecular weight is 434 g/mol. The number of rotatable bonds is 6. The maximum atomic E-state index is 13.2. The minimum absolute atomic E-state index is 0.108. The van der Waals surface area contributed by atoms with Crippen LogP contribution in [0.1, 0.15) is 54.6 Å². The third-order valence-electron chi connectivity index (χ3n) is 5.90. The van der Waals surface area contributed by atoms with Gasteiger partial charge < -0.3 is 9.80 Å². The van der Waals surface area contributed by atoms with E-state index >= 15 is 0 Å². The van der Waals surface area contributed by atoms with Gasteiger partial charge >= 0.3 is 0 Å². The maximum Gasteiger partial charge on any atom is 0.276 e. The van der Waals surface area contributed by atoms with Crippen LogP contribution in [-0.4, -0.2) is 62.3 Å². The van der Waals surface area contributed by atoms with E-state index in [1.54, 1.807) is 12.3 Å². The Kier molecular flexibility index (Phi) is 6.32. The van der Waals surface area contributed by atoms with Gasteiger partial charge in [-0.25, -0.2) is 9.07 Å². The van der Waals surface area contributed by atoms with Crippen molar-refractivity contribution in [3.8, 4) is 0 Å². The van der Waals surface area contributed by atoms with E-state index in [0.717, 1.165) is 38.6 Å². The highest BCUT2D eigenvalue weighted by atomic mass is 35.5. The summed E-state index contributed by atoms with van der Waals surface area (Å²) in [5.41, 5.74) is 0.991. The predicted molar refractivity (Wildman–Crippen MR) is 110 cm³/mol. The highest BCUT2D eigenvalue weighted by molar-refractivity contribution is 6.31. The number of carbonyl (C=O) groups is 2. The number of amides is 2. The summed E-state index contributed by atoms with van der Waals surface area (Å²) >= 11 is 6.08. The van der Waals surface area contributed by atoms with E-state index < -0.39 is 5.82 Å². The molecule has 2 amide bonds. The summed E-state index contributed by atoms with van der Waals surface area (Å²) in [6, 6.07) is 4.30. The van der Waals surface area contributed by atoms with Crippen LogP contribution in [0.3, 0.4) is 0 Å². The molecule has 1 aromatic carbocycles. The SMILES string of the molecule is O=C1CCCN1CC[C@H]1CCCCN1C(=O)c1cn(Cc2ccc(F)cc2Cl)nn1. The van der Waals surface area contributed by atoms with Crippen molar-refractivity contribution in [1.29, 1.82) is 0 Å². The molecular formula is C21H25ClFN5O2. The molecule has 3 heterocycles. The molecule has 30 heavy (non-hydrogen) atoms. The molecule has 9 heteroatoms. The van der Waals surface area contributed by atoms with E-state index in [2.05, 4.69) is 10.3 Å². The standard InChI is InChI=1S/C21H25ClFN5O2/c22-18-12-16(23)7-6-15(18)13-27-14-19(24-25-27)21(30)28-10-2-1-4-17(28)8-11-26-9-3-5-20(26)29/h6-7,12,14,17H,1-5,8-11,13H2/t17-/m1/s1. The normalized spacial score (nSPS) is 19.5. The highest BCUT2D eigenvalue weighted by Crippen LogP contribution is 2.23. The number of hydrogen-bond acceptors (Lipinski definition) is 4. The maximum absolute atomic E-state index is 13.2. The first kappa shape index (κ1) is 20.8. The van der Waals surface area contributed by atoms with Crippen LogP contribution < -0.4 is 0 Å². The molecule has 1 atom stereocenters. The second-order valence-electron chi connectivity index (χ2n) is 7.96. The predicted octanol–water partition coefficient (Wildman–Crippen LogP) is 3.13. The van der Waals surface area contributed by atoms with E-state index in [4.69, 9.17) is 11.6 Å². The van der Waals surface area contributed by atoms with Gasteiger partial charge in [0.15, 0.2) is 5.69 Å². The third kappa shape index (κ3) is 4.64. The highest BCUT2D eigenvalue weighted by Gasteiger charge is 2.30. The topological polar surface area (TPSA) is 71.3 Å². The van der Waals surface area contributed by atoms with Gasteiger partial charge in [0, 0.05) is 37.1 Å². The number of piperidine rings is 1. The molecule has 0 saturated carbocycles. The quantitative estimate of drug-likeness (QED) is 0.701. The van der Waals surface area contributed by atoms with Crippen LogP contribution in [0.4, 0.5) is 4.39 Å². The summed E-state index contributed by atoms with van der Waals surface area (Å²) in [5.74, 6) is -0.319. The molecule has 0 unspecified atom stereocenters. The summed E-state index contributed by atoms with van der Waals surface area (Å²) in [6.07, 6.45) is 6.94. The van der Waals surface area contributed by atoms with Crippen molar-refractivity contribution in [1.82, 2.24) is 24.8 Å². The Morgan fingerprint density at radius 1 is 1.23 bits per heavy atom. The van der Waals surface area contributed by atoms with Crippen LogP contribution in [0.5, 0.6) is 0 Å². The summed E-state index contributed by atoms with van der Waals surface area (Å²) in [5, 5.41) is 8.42. The smallest absolute Gasteiger partial charge is 0.276 e. The van der Waals surface area contributed by atoms with Gasteiger partial charge in [-0.2, -0.15) is 0 Å². The van der Waals surface area contributed by atoms with Crippen molar-refractivity contribution < 1.29 is 14.0 Å². The zero-order valence-corrected chi connectivity index (χ0v) is 17.5. The van der Waals surface area contributed by atoms with E-state index in [9.17, 15) is 14.0 Å². The molecule has 0 spiro atoms. The minimum Gasteiger partial charge on any atom is -0.343 e. The molecule has 160 valence electrons. The molecule has 0 bridgehead atoms. The fourth-order valence-electron chi connectivity index (χ4n) is 4.26. The summed E-state index contributed by atoms with van der Waals surface area (Å²) < 4.78 is 14.8. The van der Waals surface area contributed by atoms with Crippen LogP contribution in [0.15, 0.2) is 24.4 Å². The Balaban J connectivity index is 1.41. The summed E-state index contributed by atoms with van der Waals surface area (Å²) in [4.78, 5) is 28.8. The fraction of sp³-hybridized carbons (Fsp3) is 0.524. The lowest BCUT2D eigenvalue weighted by Crippen LogP contribution is -2.45. The van der Waals surface area contributed by atoms with Gasteiger partial charge in [0.25, 0.3) is 5.91 Å². The van der Waals surface area contributed by atoms with Crippen molar-refractivity contribution >= 4 is 23.4 Å². The third-order valence-corrected chi connectivity index (χ3v) is 6.25. The largest absolute Gasteiger partial charge is 0.343 e. The van der Waals surface area contributed by atoms with Crippen LogP contribution in [0, 0.1) is 5.82 Å². The first-order valence-corrected chi connectivity index (χ1v) is 10.8. The number of nitrogens with zero attached hydrogens (tertiary/aromatic N) is 5. The number of aromatic nitrogens is 3. The first-order chi connectivity index (χ1) is 14.5. The van der Waals surface area contributed by atoms with E-state index in [-0.39, 0.29) is 23.6 Å². The molecule has 4 rings (SSSR count). The number of hydrogen-bond donors (Lipinski definition) is 0. The van der Waals surface area contributed by atoms with Crippen molar-refractivity contribution in [2.75, 3.05) is 19.6 Å². The second-order valence-corrected chi connectivity index (χ2v) is 8.37. The van der Waals surface area contributed by atoms with Gasteiger partial charge in [0.1, 0.15) is 5.82 Å². The zero-order valence-electron chi connectivity index (χ0n) is 16.8. The lowest BCUT2D eigenvalue weighted by Gasteiger charge is -2.36.